The Kier molecular flexibility index (Phi) is 6.87. The lowest BCUT2D eigenvalue weighted by Crippen LogP contribution is -2.29. The molecule has 0 aliphatic carbocycles. The van der Waals surface area contributed by atoms with E-state index in [2.05, 4.69) is 18.7 Å². The number of carbonyl (C=O) groups excluding carboxylic acids is 2. The molecule has 1 aliphatic heterocycles. The third-order valence-electron chi connectivity index (χ3n) is 6.45. The first-order valence-corrected chi connectivity index (χ1v) is 11.7. The van der Waals surface area contributed by atoms with Crippen LogP contribution in [0.2, 0.25) is 0 Å². The molecule has 184 valence electrons. The Morgan fingerprint density at radius 1 is 0.944 bits per heavy atom. The molecule has 1 heterocycles. The Morgan fingerprint density at radius 2 is 1.53 bits per heavy atom. The Balaban J connectivity index is 1.88. The number of nitro groups is 1. The number of nitro benzene ring substituents is 1. The molecule has 0 radical (unpaired) electrons. The fourth-order valence-corrected chi connectivity index (χ4v) is 4.47. The van der Waals surface area contributed by atoms with Crippen LogP contribution in [0.15, 0.2) is 78.4 Å². The van der Waals surface area contributed by atoms with E-state index in [9.17, 15) is 24.8 Å². The molecular weight excluding hydrogens is 458 g/mol. The third-order valence-corrected chi connectivity index (χ3v) is 6.45. The van der Waals surface area contributed by atoms with E-state index in [1.54, 1.807) is 12.1 Å². The van der Waals surface area contributed by atoms with E-state index in [0.29, 0.717) is 11.3 Å². The molecule has 1 atom stereocenters. The largest absolute Gasteiger partial charge is 0.507 e. The summed E-state index contributed by atoms with van der Waals surface area (Å²) in [5.41, 5.74) is 3.21. The van der Waals surface area contributed by atoms with Crippen molar-refractivity contribution in [2.75, 3.05) is 22.9 Å². The van der Waals surface area contributed by atoms with Gasteiger partial charge in [-0.15, -0.1) is 0 Å². The number of nitrogens with zero attached hydrogens (tertiary/aromatic N) is 3. The number of carbonyl (C=O) groups is 2. The lowest BCUT2D eigenvalue weighted by Gasteiger charge is -2.27. The second-order valence-electron chi connectivity index (χ2n) is 8.57. The van der Waals surface area contributed by atoms with Crippen LogP contribution in [0.4, 0.5) is 17.1 Å². The molecule has 8 nitrogen and oxygen atoms in total. The maximum atomic E-state index is 13.3. The average Bonchev–Trinajstić information content (AvgIpc) is 3.15. The van der Waals surface area contributed by atoms with Crippen molar-refractivity contribution >= 4 is 34.5 Å². The maximum Gasteiger partial charge on any atom is 0.300 e. The lowest BCUT2D eigenvalue weighted by atomic mass is 9.94. The number of aryl methyl sites for hydroxylation is 1. The quantitative estimate of drug-likeness (QED) is 0.159. The Morgan fingerprint density at radius 3 is 2.06 bits per heavy atom. The fraction of sp³-hybridized carbons (Fsp3) is 0.214. The normalized spacial score (nSPS) is 16.9. The average molecular weight is 486 g/mol. The van der Waals surface area contributed by atoms with Gasteiger partial charge in [-0.05, 0) is 62.7 Å². The van der Waals surface area contributed by atoms with Crippen molar-refractivity contribution in [3.05, 3.63) is 105 Å². The summed E-state index contributed by atoms with van der Waals surface area (Å²) in [4.78, 5) is 40.6. The molecule has 1 saturated heterocycles. The summed E-state index contributed by atoms with van der Waals surface area (Å²) in [7, 11) is 0. The second-order valence-corrected chi connectivity index (χ2v) is 8.57. The zero-order valence-electron chi connectivity index (χ0n) is 20.3. The maximum absolute atomic E-state index is 13.3. The number of aliphatic hydroxyl groups excluding tert-OH is 1. The second kappa shape index (κ2) is 10.0. The molecule has 0 aromatic heterocycles. The topological polar surface area (TPSA) is 104 Å². The number of benzene rings is 3. The van der Waals surface area contributed by atoms with Crippen molar-refractivity contribution < 1.29 is 19.6 Å². The number of rotatable bonds is 7. The van der Waals surface area contributed by atoms with Crippen LogP contribution in [0.1, 0.15) is 36.6 Å². The van der Waals surface area contributed by atoms with E-state index in [1.165, 1.54) is 29.2 Å². The first-order chi connectivity index (χ1) is 17.3. The zero-order valence-corrected chi connectivity index (χ0v) is 20.3. The van der Waals surface area contributed by atoms with Crippen molar-refractivity contribution in [2.45, 2.75) is 26.8 Å². The summed E-state index contributed by atoms with van der Waals surface area (Å²) in [5, 5.41) is 22.2. The Labute approximate surface area is 209 Å². The van der Waals surface area contributed by atoms with Gasteiger partial charge in [0.2, 0.25) is 0 Å². The van der Waals surface area contributed by atoms with Gasteiger partial charge in [0.05, 0.1) is 16.5 Å². The van der Waals surface area contributed by atoms with Gasteiger partial charge in [0.1, 0.15) is 5.76 Å². The van der Waals surface area contributed by atoms with Crippen LogP contribution in [0, 0.1) is 17.0 Å². The number of amides is 1. The van der Waals surface area contributed by atoms with Crippen molar-refractivity contribution in [2.24, 2.45) is 0 Å². The fourth-order valence-electron chi connectivity index (χ4n) is 4.47. The van der Waals surface area contributed by atoms with Crippen molar-refractivity contribution in [1.82, 2.24) is 0 Å². The Bertz CT molecular complexity index is 1330. The number of hydrogen-bond acceptors (Lipinski definition) is 6. The molecule has 1 aliphatic rings. The van der Waals surface area contributed by atoms with Crippen LogP contribution in [0.5, 0.6) is 0 Å². The van der Waals surface area contributed by atoms with Crippen LogP contribution in [0.25, 0.3) is 5.76 Å². The molecule has 3 aromatic carbocycles. The number of anilines is 2. The first-order valence-electron chi connectivity index (χ1n) is 11.7. The van der Waals surface area contributed by atoms with Gasteiger partial charge in [-0.25, -0.2) is 0 Å². The molecule has 8 heteroatoms. The van der Waals surface area contributed by atoms with Gasteiger partial charge in [-0.2, -0.15) is 0 Å². The molecule has 0 bridgehead atoms. The van der Waals surface area contributed by atoms with Gasteiger partial charge in [-0.3, -0.25) is 24.6 Å². The van der Waals surface area contributed by atoms with Crippen LogP contribution < -0.4 is 9.80 Å². The molecule has 0 spiro atoms. The van der Waals surface area contributed by atoms with Crippen LogP contribution in [-0.2, 0) is 9.59 Å². The van der Waals surface area contributed by atoms with Gasteiger partial charge in [-0.1, -0.05) is 29.8 Å². The Hall–Kier alpha value is -4.46. The minimum absolute atomic E-state index is 0.0648. The smallest absolute Gasteiger partial charge is 0.300 e. The van der Waals surface area contributed by atoms with Crippen LogP contribution in [-0.4, -0.2) is 34.8 Å². The first kappa shape index (κ1) is 24.7. The summed E-state index contributed by atoms with van der Waals surface area (Å²) in [5.74, 6) is -1.94. The predicted octanol–water partition coefficient (Wildman–Crippen LogP) is 5.38. The van der Waals surface area contributed by atoms with Gasteiger partial charge in [0, 0.05) is 42.2 Å². The summed E-state index contributed by atoms with van der Waals surface area (Å²) in [6.07, 6.45) is 0. The SMILES string of the molecule is CCN(CC)c1ccc(C2/C(=C(/O)c3ccc([N+](=O)[O-])cc3)C(=O)C(=O)N2c2ccc(C)cc2)cc1. The molecule has 1 unspecified atom stereocenters. The summed E-state index contributed by atoms with van der Waals surface area (Å²) in [6.45, 7) is 7.72. The lowest BCUT2D eigenvalue weighted by molar-refractivity contribution is -0.384. The van der Waals surface area contributed by atoms with Gasteiger partial charge >= 0.3 is 0 Å². The van der Waals surface area contributed by atoms with Crippen LogP contribution in [0.3, 0.4) is 0 Å². The predicted molar refractivity (Wildman–Crippen MR) is 139 cm³/mol. The minimum atomic E-state index is -0.867. The summed E-state index contributed by atoms with van der Waals surface area (Å²) < 4.78 is 0. The van der Waals surface area contributed by atoms with Crippen molar-refractivity contribution in [1.29, 1.82) is 0 Å². The number of Topliss-reactive ketones (excluding diaryl/α,β-unsaturated/α-hetero) is 1. The van der Waals surface area contributed by atoms with E-state index >= 15 is 0 Å². The van der Waals surface area contributed by atoms with Crippen molar-refractivity contribution in [3.8, 4) is 0 Å². The highest BCUT2D eigenvalue weighted by atomic mass is 16.6. The van der Waals surface area contributed by atoms with E-state index < -0.39 is 22.7 Å². The van der Waals surface area contributed by atoms with E-state index in [0.717, 1.165) is 24.3 Å². The molecular formula is C28H27N3O5. The van der Waals surface area contributed by atoms with E-state index in [-0.39, 0.29) is 22.6 Å². The minimum Gasteiger partial charge on any atom is -0.507 e. The third kappa shape index (κ3) is 4.45. The number of non-ortho nitro benzene ring substituents is 1. The number of aliphatic hydroxyl groups is 1. The van der Waals surface area contributed by atoms with Gasteiger partial charge < -0.3 is 10.0 Å². The standard InChI is InChI=1S/C28H27N3O5/c1-4-29(5-2)21-14-8-19(9-15-21)25-24(26(32)20-10-16-23(17-11-20)31(35)36)27(33)28(34)30(25)22-12-6-18(3)7-13-22/h6-17,25,32H,4-5H2,1-3H3/b26-24-. The highest BCUT2D eigenvalue weighted by Crippen LogP contribution is 2.42. The highest BCUT2D eigenvalue weighted by Gasteiger charge is 2.47. The molecule has 1 amide bonds. The highest BCUT2D eigenvalue weighted by molar-refractivity contribution is 6.51. The molecule has 3 aromatic rings. The monoisotopic (exact) mass is 485 g/mol. The molecule has 1 N–H and O–H groups in total. The van der Waals surface area contributed by atoms with Crippen molar-refractivity contribution in [3.63, 3.8) is 0 Å². The molecule has 1 fully saturated rings. The summed E-state index contributed by atoms with van der Waals surface area (Å²) in [6, 6.07) is 19.2. The number of hydrogen-bond donors (Lipinski definition) is 1. The zero-order chi connectivity index (χ0) is 26.0. The van der Waals surface area contributed by atoms with E-state index in [1.807, 2.05) is 43.3 Å². The van der Waals surface area contributed by atoms with Gasteiger partial charge in [0.25, 0.3) is 17.4 Å². The van der Waals surface area contributed by atoms with Gasteiger partial charge in [0.15, 0.2) is 0 Å². The molecule has 0 saturated carbocycles. The van der Waals surface area contributed by atoms with Crippen LogP contribution >= 0.6 is 0 Å². The molecule has 4 rings (SSSR count). The van der Waals surface area contributed by atoms with E-state index in [4.69, 9.17) is 0 Å². The number of ketones is 1. The molecule has 36 heavy (non-hydrogen) atoms. The summed E-state index contributed by atoms with van der Waals surface area (Å²) >= 11 is 0.